The Labute approximate surface area is 143 Å². The molecule has 2 atom stereocenters. The lowest BCUT2D eigenvalue weighted by molar-refractivity contribution is 0.0189. The van der Waals surface area contributed by atoms with Crippen molar-refractivity contribution in [1.29, 1.82) is 0 Å². The summed E-state index contributed by atoms with van der Waals surface area (Å²) in [6.45, 7) is 3.77. The zero-order valence-corrected chi connectivity index (χ0v) is 14.4. The fourth-order valence-corrected chi connectivity index (χ4v) is 3.37. The molecule has 1 aliphatic rings. The maximum absolute atomic E-state index is 10.3. The first-order valence-electron chi connectivity index (χ1n) is 8.72. The number of hydrogen-bond donors (Lipinski definition) is 1. The minimum absolute atomic E-state index is 0.227. The summed E-state index contributed by atoms with van der Waals surface area (Å²) >= 11 is 0. The Hall–Kier alpha value is -1.85. The zero-order chi connectivity index (χ0) is 16.9. The molecular weight excluding hydrogens is 304 g/mol. The largest absolute Gasteiger partial charge is 0.497 e. The number of aliphatic hydroxyl groups excluding tert-OH is 1. The summed E-state index contributed by atoms with van der Waals surface area (Å²) in [4.78, 5) is 6.96. The van der Waals surface area contributed by atoms with Gasteiger partial charge in [-0.15, -0.1) is 0 Å². The molecule has 0 amide bonds. The number of hydrogen-bond acceptors (Lipinski definition) is 5. The van der Waals surface area contributed by atoms with Gasteiger partial charge in [-0.1, -0.05) is 13.3 Å². The summed E-state index contributed by atoms with van der Waals surface area (Å²) in [6, 6.07) is 7.91. The molecule has 5 heteroatoms. The van der Waals surface area contributed by atoms with Gasteiger partial charge in [-0.2, -0.15) is 0 Å². The Kier molecular flexibility index (Phi) is 5.53. The summed E-state index contributed by atoms with van der Waals surface area (Å²) in [6.07, 6.45) is 5.67. The molecule has 0 aliphatic carbocycles. The van der Waals surface area contributed by atoms with Gasteiger partial charge in [0, 0.05) is 18.2 Å². The Morgan fingerprint density at radius 2 is 2.12 bits per heavy atom. The Morgan fingerprint density at radius 3 is 2.83 bits per heavy atom. The van der Waals surface area contributed by atoms with Crippen LogP contribution in [0.1, 0.15) is 38.3 Å². The van der Waals surface area contributed by atoms with Crippen molar-refractivity contribution in [3.8, 4) is 17.2 Å². The van der Waals surface area contributed by atoms with Gasteiger partial charge in [0.05, 0.1) is 18.9 Å². The van der Waals surface area contributed by atoms with E-state index in [9.17, 15) is 5.11 Å². The molecule has 5 nitrogen and oxygen atoms in total. The van der Waals surface area contributed by atoms with E-state index < -0.39 is 0 Å². The van der Waals surface area contributed by atoms with Gasteiger partial charge in [0.1, 0.15) is 12.0 Å². The van der Waals surface area contributed by atoms with Crippen molar-refractivity contribution >= 4 is 0 Å². The van der Waals surface area contributed by atoms with E-state index in [4.69, 9.17) is 9.15 Å². The quantitative estimate of drug-likeness (QED) is 0.879. The van der Waals surface area contributed by atoms with Crippen molar-refractivity contribution < 1.29 is 14.3 Å². The van der Waals surface area contributed by atoms with Gasteiger partial charge in [-0.25, -0.2) is 4.98 Å². The molecule has 0 radical (unpaired) electrons. The third kappa shape index (κ3) is 3.79. The molecule has 2 heterocycles. The molecule has 1 N–H and O–H groups in total. The number of aromatic nitrogens is 1. The van der Waals surface area contributed by atoms with E-state index in [1.54, 1.807) is 13.4 Å². The highest BCUT2D eigenvalue weighted by atomic mass is 16.5. The average Bonchev–Trinajstić information content (AvgIpc) is 3.10. The summed E-state index contributed by atoms with van der Waals surface area (Å²) < 4.78 is 10.8. The summed E-state index contributed by atoms with van der Waals surface area (Å²) in [7, 11) is 1.65. The van der Waals surface area contributed by atoms with Crippen LogP contribution in [0.15, 0.2) is 34.9 Å². The minimum Gasteiger partial charge on any atom is -0.497 e. The Bertz CT molecular complexity index is 638. The van der Waals surface area contributed by atoms with Crippen LogP contribution < -0.4 is 4.74 Å². The molecule has 2 unspecified atom stereocenters. The molecule has 24 heavy (non-hydrogen) atoms. The van der Waals surface area contributed by atoms with E-state index >= 15 is 0 Å². The average molecular weight is 330 g/mol. The van der Waals surface area contributed by atoms with Crippen LogP contribution >= 0.6 is 0 Å². The van der Waals surface area contributed by atoms with E-state index in [0.29, 0.717) is 5.89 Å². The normalized spacial score (nSPS) is 20.0. The minimum atomic E-state index is -0.266. The number of rotatable bonds is 6. The van der Waals surface area contributed by atoms with E-state index in [1.807, 2.05) is 31.2 Å². The van der Waals surface area contributed by atoms with Gasteiger partial charge < -0.3 is 14.3 Å². The SMILES string of the molecule is CCC(O)C1CCCCN1Cc1coc(-c2ccc(OC)cc2)n1. The molecular formula is C19H26N2O3. The van der Waals surface area contributed by atoms with Gasteiger partial charge in [0.2, 0.25) is 5.89 Å². The number of aliphatic hydroxyl groups is 1. The summed E-state index contributed by atoms with van der Waals surface area (Å²) in [5, 5.41) is 10.3. The van der Waals surface area contributed by atoms with Gasteiger partial charge >= 0.3 is 0 Å². The van der Waals surface area contributed by atoms with Gasteiger partial charge in [0.15, 0.2) is 0 Å². The second kappa shape index (κ2) is 7.81. The molecule has 1 fully saturated rings. The molecule has 0 saturated carbocycles. The lowest BCUT2D eigenvalue weighted by Crippen LogP contribution is -2.46. The molecule has 2 aromatic rings. The molecule has 130 valence electrons. The smallest absolute Gasteiger partial charge is 0.226 e. The number of likely N-dealkylation sites (tertiary alicyclic amines) is 1. The van der Waals surface area contributed by atoms with Crippen LogP contribution in [0.25, 0.3) is 11.5 Å². The zero-order valence-electron chi connectivity index (χ0n) is 14.4. The molecule has 1 aromatic heterocycles. The van der Waals surface area contributed by atoms with Crippen LogP contribution in [-0.2, 0) is 6.54 Å². The number of ether oxygens (including phenoxy) is 1. The molecule has 1 aromatic carbocycles. The van der Waals surface area contributed by atoms with Crippen LogP contribution in [0.5, 0.6) is 5.75 Å². The first kappa shape index (κ1) is 17.0. The second-order valence-electron chi connectivity index (χ2n) is 6.38. The van der Waals surface area contributed by atoms with E-state index in [0.717, 1.165) is 42.9 Å². The molecule has 0 bridgehead atoms. The molecule has 1 aliphatic heterocycles. The van der Waals surface area contributed by atoms with Crippen LogP contribution in [0.4, 0.5) is 0 Å². The number of piperidine rings is 1. The predicted octanol–water partition coefficient (Wildman–Crippen LogP) is 3.48. The fourth-order valence-electron chi connectivity index (χ4n) is 3.37. The first-order chi connectivity index (χ1) is 11.7. The lowest BCUT2D eigenvalue weighted by Gasteiger charge is -2.37. The summed E-state index contributed by atoms with van der Waals surface area (Å²) in [5.74, 6) is 1.44. The van der Waals surface area contributed by atoms with Crippen molar-refractivity contribution in [2.75, 3.05) is 13.7 Å². The maximum atomic E-state index is 10.3. The molecule has 1 saturated heterocycles. The maximum Gasteiger partial charge on any atom is 0.226 e. The second-order valence-corrected chi connectivity index (χ2v) is 6.38. The summed E-state index contributed by atoms with van der Waals surface area (Å²) in [5.41, 5.74) is 1.85. The third-order valence-corrected chi connectivity index (χ3v) is 4.78. The van der Waals surface area contributed by atoms with Crippen LogP contribution in [0.3, 0.4) is 0 Å². The van der Waals surface area contributed by atoms with Crippen molar-refractivity contribution in [2.24, 2.45) is 0 Å². The van der Waals surface area contributed by atoms with Gasteiger partial charge in [-0.05, 0) is 50.1 Å². The first-order valence-corrected chi connectivity index (χ1v) is 8.72. The Morgan fingerprint density at radius 1 is 1.33 bits per heavy atom. The molecule has 0 spiro atoms. The van der Waals surface area contributed by atoms with E-state index in [-0.39, 0.29) is 12.1 Å². The predicted molar refractivity (Wildman–Crippen MR) is 92.8 cm³/mol. The van der Waals surface area contributed by atoms with Crippen molar-refractivity contribution in [3.63, 3.8) is 0 Å². The monoisotopic (exact) mass is 330 g/mol. The number of methoxy groups -OCH3 is 1. The van der Waals surface area contributed by atoms with Gasteiger partial charge in [-0.3, -0.25) is 4.90 Å². The van der Waals surface area contributed by atoms with Crippen LogP contribution in [-0.4, -0.2) is 40.8 Å². The number of oxazole rings is 1. The number of benzene rings is 1. The van der Waals surface area contributed by atoms with Crippen molar-refractivity contribution in [3.05, 3.63) is 36.2 Å². The van der Waals surface area contributed by atoms with Crippen LogP contribution in [0.2, 0.25) is 0 Å². The molecule has 3 rings (SSSR count). The number of nitrogens with zero attached hydrogens (tertiary/aromatic N) is 2. The van der Waals surface area contributed by atoms with E-state index in [2.05, 4.69) is 9.88 Å². The highest BCUT2D eigenvalue weighted by Gasteiger charge is 2.28. The Balaban J connectivity index is 1.70. The van der Waals surface area contributed by atoms with Gasteiger partial charge in [0.25, 0.3) is 0 Å². The van der Waals surface area contributed by atoms with Crippen molar-refractivity contribution in [1.82, 2.24) is 9.88 Å². The van der Waals surface area contributed by atoms with E-state index in [1.165, 1.54) is 12.8 Å². The topological polar surface area (TPSA) is 58.7 Å². The standard InChI is InChI=1S/C19H26N2O3/c1-3-18(22)17-6-4-5-11-21(17)12-15-13-24-19(20-15)14-7-9-16(23-2)10-8-14/h7-10,13,17-18,22H,3-6,11-12H2,1-2H3. The highest BCUT2D eigenvalue weighted by Crippen LogP contribution is 2.25. The van der Waals surface area contributed by atoms with Crippen molar-refractivity contribution in [2.45, 2.75) is 51.3 Å². The fraction of sp³-hybridized carbons (Fsp3) is 0.526. The highest BCUT2D eigenvalue weighted by molar-refractivity contribution is 5.54. The third-order valence-electron chi connectivity index (χ3n) is 4.78. The lowest BCUT2D eigenvalue weighted by atomic mass is 9.96. The van der Waals surface area contributed by atoms with Crippen LogP contribution in [0, 0.1) is 0 Å².